The van der Waals surface area contributed by atoms with Gasteiger partial charge in [-0.05, 0) is 47.7 Å². The van der Waals surface area contributed by atoms with Gasteiger partial charge in [0.25, 0.3) is 0 Å². The number of rotatable bonds is 5. The molecule has 2 aromatic carbocycles. The summed E-state index contributed by atoms with van der Waals surface area (Å²) in [6.45, 7) is 1.50. The summed E-state index contributed by atoms with van der Waals surface area (Å²) in [5.41, 5.74) is 2.21. The third-order valence-electron chi connectivity index (χ3n) is 4.79. The smallest absolute Gasteiger partial charge is 0.335 e. The van der Waals surface area contributed by atoms with E-state index in [9.17, 15) is 9.59 Å². The molecule has 2 atom stereocenters. The van der Waals surface area contributed by atoms with Gasteiger partial charge in [-0.15, -0.1) is 0 Å². The maximum Gasteiger partial charge on any atom is 0.335 e. The molecule has 0 saturated heterocycles. The van der Waals surface area contributed by atoms with Crippen LogP contribution in [0.4, 0.5) is 0 Å². The molecule has 2 N–H and O–H groups in total. The van der Waals surface area contributed by atoms with Crippen LogP contribution in [0.1, 0.15) is 33.8 Å². The van der Waals surface area contributed by atoms with Gasteiger partial charge in [0.1, 0.15) is 13.2 Å². The molecule has 1 saturated carbocycles. The number of nitrogens with one attached hydrogen (secondary N) is 1. The lowest BCUT2D eigenvalue weighted by Crippen LogP contribution is -2.24. The van der Waals surface area contributed by atoms with Crippen molar-refractivity contribution in [2.24, 2.45) is 5.92 Å². The Balaban J connectivity index is 1.33. The Morgan fingerprint density at radius 3 is 2.50 bits per heavy atom. The molecular weight excluding hydrogens is 334 g/mol. The molecule has 0 bridgehead atoms. The van der Waals surface area contributed by atoms with Crippen molar-refractivity contribution in [2.75, 3.05) is 13.2 Å². The zero-order valence-electron chi connectivity index (χ0n) is 14.1. The summed E-state index contributed by atoms with van der Waals surface area (Å²) in [6.07, 6.45) is 0.823. The van der Waals surface area contributed by atoms with Crippen molar-refractivity contribution in [3.05, 3.63) is 59.2 Å². The van der Waals surface area contributed by atoms with Crippen LogP contribution in [0, 0.1) is 5.92 Å². The number of carboxylic acid groups (broad SMARTS) is 1. The molecule has 1 aliphatic heterocycles. The molecule has 0 radical (unpaired) electrons. The molecule has 1 fully saturated rings. The Morgan fingerprint density at radius 1 is 1.04 bits per heavy atom. The first-order chi connectivity index (χ1) is 12.6. The maximum absolute atomic E-state index is 12.4. The number of fused-ring (bicyclic) bond motifs is 1. The summed E-state index contributed by atoms with van der Waals surface area (Å²) in [6, 6.07) is 12.4. The average Bonchev–Trinajstić information content (AvgIpc) is 3.47. The van der Waals surface area contributed by atoms with Gasteiger partial charge in [-0.1, -0.05) is 18.2 Å². The normalized spacial score (nSPS) is 20.3. The van der Waals surface area contributed by atoms with E-state index >= 15 is 0 Å². The van der Waals surface area contributed by atoms with Gasteiger partial charge in [0.2, 0.25) is 5.91 Å². The van der Waals surface area contributed by atoms with Gasteiger partial charge < -0.3 is 19.9 Å². The summed E-state index contributed by atoms with van der Waals surface area (Å²) in [7, 11) is 0. The minimum absolute atomic E-state index is 0.0206. The molecule has 1 aliphatic carbocycles. The first kappa shape index (κ1) is 16.4. The maximum atomic E-state index is 12.4. The molecule has 1 heterocycles. The highest BCUT2D eigenvalue weighted by Gasteiger charge is 2.44. The van der Waals surface area contributed by atoms with Crippen LogP contribution in [-0.4, -0.2) is 30.2 Å². The average molecular weight is 353 g/mol. The number of ether oxygens (including phenoxy) is 2. The second-order valence-electron chi connectivity index (χ2n) is 6.57. The van der Waals surface area contributed by atoms with E-state index in [0.717, 1.165) is 29.0 Å². The molecule has 26 heavy (non-hydrogen) atoms. The first-order valence-corrected chi connectivity index (χ1v) is 8.61. The third kappa shape index (κ3) is 3.35. The summed E-state index contributed by atoms with van der Waals surface area (Å²) < 4.78 is 11.1. The molecule has 6 heteroatoms. The van der Waals surface area contributed by atoms with E-state index in [2.05, 4.69) is 5.32 Å². The zero-order chi connectivity index (χ0) is 18.1. The summed E-state index contributed by atoms with van der Waals surface area (Å²) in [5, 5.41) is 11.8. The number of carbonyl (C=O) groups excluding carboxylic acids is 1. The second-order valence-corrected chi connectivity index (χ2v) is 6.57. The van der Waals surface area contributed by atoms with E-state index in [1.165, 1.54) is 0 Å². The summed E-state index contributed by atoms with van der Waals surface area (Å²) >= 11 is 0. The van der Waals surface area contributed by atoms with Crippen molar-refractivity contribution in [1.82, 2.24) is 5.32 Å². The fourth-order valence-corrected chi connectivity index (χ4v) is 3.23. The summed E-state index contributed by atoms with van der Waals surface area (Å²) in [4.78, 5) is 23.2. The van der Waals surface area contributed by atoms with Gasteiger partial charge in [-0.2, -0.15) is 0 Å². The van der Waals surface area contributed by atoms with Gasteiger partial charge in [-0.25, -0.2) is 4.79 Å². The lowest BCUT2D eigenvalue weighted by molar-refractivity contribution is -0.122. The lowest BCUT2D eigenvalue weighted by atomic mass is 10.1. The Hall–Kier alpha value is -3.02. The SMILES string of the molecule is O=C(O)c1ccc(CNC(=O)[C@H]2C[C@@H]2c2ccc3c(c2)OCCO3)cc1. The Labute approximate surface area is 150 Å². The number of hydrogen-bond acceptors (Lipinski definition) is 4. The van der Waals surface area contributed by atoms with Crippen molar-refractivity contribution < 1.29 is 24.2 Å². The minimum atomic E-state index is -0.958. The molecule has 0 spiro atoms. The van der Waals surface area contributed by atoms with E-state index in [0.29, 0.717) is 19.8 Å². The van der Waals surface area contributed by atoms with Crippen molar-refractivity contribution in [2.45, 2.75) is 18.9 Å². The van der Waals surface area contributed by atoms with Gasteiger partial charge >= 0.3 is 5.97 Å². The molecular formula is C20H19NO5. The number of carbonyl (C=O) groups is 2. The predicted octanol–water partition coefficient (Wildman–Crippen LogP) is 2.58. The van der Waals surface area contributed by atoms with Gasteiger partial charge in [0.05, 0.1) is 5.56 Å². The Morgan fingerprint density at radius 2 is 1.77 bits per heavy atom. The Kier molecular flexibility index (Phi) is 4.24. The number of carboxylic acids is 1. The van der Waals surface area contributed by atoms with Crippen molar-refractivity contribution in [1.29, 1.82) is 0 Å². The molecule has 4 rings (SSSR count). The van der Waals surface area contributed by atoms with E-state index in [-0.39, 0.29) is 23.3 Å². The van der Waals surface area contributed by atoms with Gasteiger partial charge in [0.15, 0.2) is 11.5 Å². The van der Waals surface area contributed by atoms with Crippen LogP contribution in [0.5, 0.6) is 11.5 Å². The van der Waals surface area contributed by atoms with Crippen molar-refractivity contribution >= 4 is 11.9 Å². The van der Waals surface area contributed by atoms with Crippen molar-refractivity contribution in [3.63, 3.8) is 0 Å². The van der Waals surface area contributed by atoms with E-state index in [4.69, 9.17) is 14.6 Å². The van der Waals surface area contributed by atoms with E-state index in [1.54, 1.807) is 24.3 Å². The van der Waals surface area contributed by atoms with Crippen LogP contribution >= 0.6 is 0 Å². The standard InChI is InChI=1S/C20H19NO5/c22-19(21-11-12-1-3-13(4-2-12)20(23)24)16-10-15(16)14-5-6-17-18(9-14)26-8-7-25-17/h1-6,9,15-16H,7-8,10-11H2,(H,21,22)(H,23,24)/t15-,16+/m1/s1. The summed E-state index contributed by atoms with van der Waals surface area (Å²) in [5.74, 6) is 0.744. The number of amides is 1. The third-order valence-corrected chi connectivity index (χ3v) is 4.79. The lowest BCUT2D eigenvalue weighted by Gasteiger charge is -2.18. The fourth-order valence-electron chi connectivity index (χ4n) is 3.23. The monoisotopic (exact) mass is 353 g/mol. The van der Waals surface area contributed by atoms with Crippen molar-refractivity contribution in [3.8, 4) is 11.5 Å². The first-order valence-electron chi connectivity index (χ1n) is 8.61. The predicted molar refractivity (Wildman–Crippen MR) is 93.5 cm³/mol. The second kappa shape index (κ2) is 6.71. The molecule has 2 aromatic rings. The Bertz CT molecular complexity index is 846. The highest BCUT2D eigenvalue weighted by Crippen LogP contribution is 2.49. The fraction of sp³-hybridized carbons (Fsp3) is 0.300. The van der Waals surface area contributed by atoms with Crippen LogP contribution in [-0.2, 0) is 11.3 Å². The highest BCUT2D eigenvalue weighted by atomic mass is 16.6. The molecule has 6 nitrogen and oxygen atoms in total. The van der Waals surface area contributed by atoms with E-state index < -0.39 is 5.97 Å². The van der Waals surface area contributed by atoms with Crippen LogP contribution in [0.15, 0.2) is 42.5 Å². The van der Waals surface area contributed by atoms with Crippen LogP contribution in [0.3, 0.4) is 0 Å². The number of aromatic carboxylic acids is 1. The quantitative estimate of drug-likeness (QED) is 0.863. The number of hydrogen-bond donors (Lipinski definition) is 2. The van der Waals surface area contributed by atoms with Crippen LogP contribution in [0.25, 0.3) is 0 Å². The van der Waals surface area contributed by atoms with Gasteiger partial charge in [-0.3, -0.25) is 4.79 Å². The molecule has 0 aromatic heterocycles. The van der Waals surface area contributed by atoms with E-state index in [1.807, 2.05) is 18.2 Å². The topological polar surface area (TPSA) is 84.9 Å². The van der Waals surface area contributed by atoms with Crippen LogP contribution in [0.2, 0.25) is 0 Å². The largest absolute Gasteiger partial charge is 0.486 e. The molecule has 1 amide bonds. The number of benzene rings is 2. The van der Waals surface area contributed by atoms with Gasteiger partial charge in [0, 0.05) is 12.5 Å². The molecule has 134 valence electrons. The molecule has 0 unspecified atom stereocenters. The highest BCUT2D eigenvalue weighted by molar-refractivity contribution is 5.87. The minimum Gasteiger partial charge on any atom is -0.486 e. The van der Waals surface area contributed by atoms with Crippen LogP contribution < -0.4 is 14.8 Å². The zero-order valence-corrected chi connectivity index (χ0v) is 14.1. The molecule has 2 aliphatic rings.